The van der Waals surface area contributed by atoms with Gasteiger partial charge in [-0.3, -0.25) is 14.8 Å². The summed E-state index contributed by atoms with van der Waals surface area (Å²) < 4.78 is 5.32. The van der Waals surface area contributed by atoms with Crippen LogP contribution in [0.5, 0.6) is 5.75 Å². The Bertz CT molecular complexity index is 979. The highest BCUT2D eigenvalue weighted by Gasteiger charge is 2.50. The Morgan fingerprint density at radius 1 is 1.13 bits per heavy atom. The van der Waals surface area contributed by atoms with Crippen LogP contribution in [0, 0.1) is 0 Å². The lowest BCUT2D eigenvalue weighted by molar-refractivity contribution is -0.139. The van der Waals surface area contributed by atoms with Crippen LogP contribution in [0.3, 0.4) is 0 Å². The molecular weight excluding hydrogens is 384 g/mol. The number of carboxylic acid groups (broad SMARTS) is 1. The predicted molar refractivity (Wildman–Crippen MR) is 113 cm³/mol. The number of aliphatic imine (C=N–C) groups is 1. The number of aliphatic carboxylic acids is 1. The molecule has 156 valence electrons. The molecule has 30 heavy (non-hydrogen) atoms. The van der Waals surface area contributed by atoms with Crippen LogP contribution in [0.2, 0.25) is 0 Å². The van der Waals surface area contributed by atoms with Gasteiger partial charge in [-0.1, -0.05) is 12.1 Å². The molecular formula is C22H24N4O4. The molecule has 0 unspecified atom stereocenters. The molecule has 2 heterocycles. The fourth-order valence-electron chi connectivity index (χ4n) is 3.62. The summed E-state index contributed by atoms with van der Waals surface area (Å²) in [5.74, 6) is -0.361. The minimum absolute atomic E-state index is 0.0443. The molecule has 8 nitrogen and oxygen atoms in total. The van der Waals surface area contributed by atoms with E-state index in [1.54, 1.807) is 31.7 Å². The molecule has 1 aromatic heterocycles. The number of carbonyl (C=O) groups excluding carboxylic acids is 1. The van der Waals surface area contributed by atoms with Crippen LogP contribution >= 0.6 is 0 Å². The van der Waals surface area contributed by atoms with Gasteiger partial charge in [-0.2, -0.15) is 0 Å². The molecule has 0 spiro atoms. The lowest BCUT2D eigenvalue weighted by Gasteiger charge is -2.36. The van der Waals surface area contributed by atoms with Crippen LogP contribution in [0.15, 0.2) is 47.6 Å². The van der Waals surface area contributed by atoms with Gasteiger partial charge in [0, 0.05) is 32.4 Å². The highest BCUT2D eigenvalue weighted by atomic mass is 16.5. The van der Waals surface area contributed by atoms with Crippen molar-refractivity contribution >= 4 is 23.8 Å². The summed E-state index contributed by atoms with van der Waals surface area (Å²) >= 11 is 0. The second-order valence-electron chi connectivity index (χ2n) is 7.48. The van der Waals surface area contributed by atoms with Gasteiger partial charge >= 0.3 is 5.97 Å². The molecule has 0 radical (unpaired) electrons. The van der Waals surface area contributed by atoms with E-state index in [1.807, 2.05) is 29.2 Å². The van der Waals surface area contributed by atoms with Gasteiger partial charge < -0.3 is 19.6 Å². The predicted octanol–water partition coefficient (Wildman–Crippen LogP) is 2.09. The average Bonchev–Trinajstić information content (AvgIpc) is 3.59. The number of benzene rings is 1. The molecule has 1 aromatic carbocycles. The van der Waals surface area contributed by atoms with Gasteiger partial charge in [0.2, 0.25) is 0 Å². The summed E-state index contributed by atoms with van der Waals surface area (Å²) in [7, 11) is 1.56. The van der Waals surface area contributed by atoms with E-state index in [0.717, 1.165) is 5.69 Å². The minimum Gasteiger partial charge on any atom is -0.496 e. The fraction of sp³-hybridized carbons (Fsp3) is 0.364. The van der Waals surface area contributed by atoms with Crippen molar-refractivity contribution in [2.75, 3.05) is 38.2 Å². The lowest BCUT2D eigenvalue weighted by atomic mass is 10.1. The number of piperazine rings is 1. The zero-order valence-electron chi connectivity index (χ0n) is 16.8. The molecule has 0 atom stereocenters. The van der Waals surface area contributed by atoms with Gasteiger partial charge in [0.25, 0.3) is 5.91 Å². The van der Waals surface area contributed by atoms with E-state index < -0.39 is 11.5 Å². The summed E-state index contributed by atoms with van der Waals surface area (Å²) in [5, 5.41) is 9.32. The Morgan fingerprint density at radius 3 is 2.53 bits per heavy atom. The normalized spacial score (nSPS) is 17.8. The molecule has 0 bridgehead atoms. The number of methoxy groups -OCH3 is 1. The molecule has 8 heteroatoms. The molecule has 4 rings (SSSR count). The van der Waals surface area contributed by atoms with Crippen molar-refractivity contribution < 1.29 is 19.4 Å². The third kappa shape index (κ3) is 3.85. The number of carboxylic acids is 1. The van der Waals surface area contributed by atoms with E-state index in [0.29, 0.717) is 56.0 Å². The number of nitrogens with zero attached hydrogens (tertiary/aromatic N) is 4. The average molecular weight is 408 g/mol. The number of hydrogen-bond donors (Lipinski definition) is 1. The summed E-state index contributed by atoms with van der Waals surface area (Å²) in [6, 6.07) is 11.0. The third-order valence-corrected chi connectivity index (χ3v) is 5.62. The minimum atomic E-state index is -0.978. The number of carbonyl (C=O) groups is 2. The number of anilines is 1. The van der Waals surface area contributed by atoms with E-state index in [2.05, 4.69) is 14.9 Å². The largest absolute Gasteiger partial charge is 0.496 e. The van der Waals surface area contributed by atoms with E-state index in [9.17, 15) is 14.7 Å². The fourth-order valence-corrected chi connectivity index (χ4v) is 3.62. The zero-order chi connectivity index (χ0) is 21.1. The first-order valence-electron chi connectivity index (χ1n) is 9.95. The molecule has 1 aliphatic carbocycles. The summed E-state index contributed by atoms with van der Waals surface area (Å²) in [5.41, 5.74) is 1.13. The van der Waals surface area contributed by atoms with Crippen molar-refractivity contribution in [3.63, 3.8) is 0 Å². The number of pyridine rings is 1. The van der Waals surface area contributed by atoms with E-state index >= 15 is 0 Å². The Balaban J connectivity index is 1.45. The van der Waals surface area contributed by atoms with Crippen molar-refractivity contribution in [2.45, 2.75) is 18.4 Å². The van der Waals surface area contributed by atoms with Gasteiger partial charge in [-0.25, -0.2) is 4.79 Å². The first-order chi connectivity index (χ1) is 14.5. The Hall–Kier alpha value is -3.42. The third-order valence-electron chi connectivity index (χ3n) is 5.62. The molecule has 2 fully saturated rings. The number of amides is 1. The van der Waals surface area contributed by atoms with Crippen molar-refractivity contribution in [2.24, 2.45) is 4.99 Å². The van der Waals surface area contributed by atoms with E-state index in [-0.39, 0.29) is 5.91 Å². The number of aromatic nitrogens is 1. The van der Waals surface area contributed by atoms with Gasteiger partial charge in [-0.15, -0.1) is 0 Å². The van der Waals surface area contributed by atoms with Crippen LogP contribution in [0.1, 0.15) is 28.9 Å². The van der Waals surface area contributed by atoms with Crippen molar-refractivity contribution in [1.29, 1.82) is 0 Å². The van der Waals surface area contributed by atoms with E-state index in [4.69, 9.17) is 4.74 Å². The van der Waals surface area contributed by atoms with Crippen molar-refractivity contribution in [3.8, 4) is 5.75 Å². The SMILES string of the molecule is COc1ccccc1C(=O)N1CCN(c2cccnc2C=NC2(C(=O)O)CC2)CC1. The van der Waals surface area contributed by atoms with Crippen LogP contribution in [0.4, 0.5) is 5.69 Å². The van der Waals surface area contributed by atoms with Gasteiger partial charge in [-0.05, 0) is 37.1 Å². The summed E-state index contributed by atoms with van der Waals surface area (Å²) in [4.78, 5) is 36.9. The molecule has 1 amide bonds. The molecule has 1 N–H and O–H groups in total. The van der Waals surface area contributed by atoms with Crippen LogP contribution in [-0.4, -0.2) is 71.9 Å². The molecule has 1 saturated carbocycles. The zero-order valence-corrected chi connectivity index (χ0v) is 16.8. The maximum absolute atomic E-state index is 12.9. The van der Waals surface area contributed by atoms with Crippen molar-refractivity contribution in [1.82, 2.24) is 9.88 Å². The highest BCUT2D eigenvalue weighted by molar-refractivity contribution is 5.97. The number of ether oxygens (including phenoxy) is 1. The lowest BCUT2D eigenvalue weighted by Crippen LogP contribution is -2.49. The smallest absolute Gasteiger partial charge is 0.331 e. The topological polar surface area (TPSA) is 95.3 Å². The summed E-state index contributed by atoms with van der Waals surface area (Å²) in [6.45, 7) is 2.44. The monoisotopic (exact) mass is 408 g/mol. The van der Waals surface area contributed by atoms with Gasteiger partial charge in [0.1, 0.15) is 11.4 Å². The second kappa shape index (κ2) is 8.14. The Kier molecular flexibility index (Phi) is 5.39. The van der Waals surface area contributed by atoms with Crippen molar-refractivity contribution in [3.05, 3.63) is 53.9 Å². The van der Waals surface area contributed by atoms with Crippen LogP contribution < -0.4 is 9.64 Å². The second-order valence-corrected chi connectivity index (χ2v) is 7.48. The quantitative estimate of drug-likeness (QED) is 0.736. The Labute approximate surface area is 174 Å². The molecule has 2 aromatic rings. The van der Waals surface area contributed by atoms with Gasteiger partial charge in [0.15, 0.2) is 5.54 Å². The highest BCUT2D eigenvalue weighted by Crippen LogP contribution is 2.40. The Morgan fingerprint density at radius 2 is 1.87 bits per heavy atom. The van der Waals surface area contributed by atoms with Gasteiger partial charge in [0.05, 0.1) is 24.6 Å². The van der Waals surface area contributed by atoms with Crippen LogP contribution in [0.25, 0.3) is 0 Å². The number of para-hydroxylation sites is 1. The first-order valence-corrected chi connectivity index (χ1v) is 9.95. The molecule has 1 aliphatic heterocycles. The summed E-state index contributed by atoms with van der Waals surface area (Å²) in [6.07, 6.45) is 4.37. The maximum atomic E-state index is 12.9. The molecule has 1 saturated heterocycles. The first kappa shape index (κ1) is 19.9. The molecule has 2 aliphatic rings. The maximum Gasteiger partial charge on any atom is 0.331 e. The number of rotatable bonds is 6. The van der Waals surface area contributed by atoms with E-state index in [1.165, 1.54) is 0 Å². The standard InChI is InChI=1S/C22H24N4O4/c1-30-19-7-3-2-5-16(19)20(27)26-13-11-25(12-14-26)18-6-4-10-23-17(18)15-24-22(8-9-22)21(28)29/h2-7,10,15H,8-9,11-14H2,1H3,(H,28,29). The van der Waals surface area contributed by atoms with Crippen LogP contribution in [-0.2, 0) is 4.79 Å². The number of hydrogen-bond acceptors (Lipinski definition) is 6.